The molecular weight excluding hydrogens is 224 g/mol. The Morgan fingerprint density at radius 2 is 2.29 bits per heavy atom. The van der Waals surface area contributed by atoms with Gasteiger partial charge < -0.3 is 9.84 Å². The summed E-state index contributed by atoms with van der Waals surface area (Å²) in [4.78, 5) is 25.2. The molecule has 0 bridgehead atoms. The minimum absolute atomic E-state index is 0.0576. The molecule has 1 aromatic rings. The smallest absolute Gasteiger partial charge is 0.330 e. The van der Waals surface area contributed by atoms with Crippen molar-refractivity contribution in [2.45, 2.75) is 32.6 Å². The van der Waals surface area contributed by atoms with Crippen LogP contribution in [0.4, 0.5) is 0 Å². The zero-order chi connectivity index (χ0) is 12.6. The summed E-state index contributed by atoms with van der Waals surface area (Å²) in [6, 6.07) is 0. The van der Waals surface area contributed by atoms with Gasteiger partial charge in [0.1, 0.15) is 6.23 Å². The second-order valence-electron chi connectivity index (χ2n) is 4.52. The van der Waals surface area contributed by atoms with Crippen molar-refractivity contribution in [1.29, 1.82) is 0 Å². The van der Waals surface area contributed by atoms with Crippen molar-refractivity contribution in [3.63, 3.8) is 0 Å². The lowest BCUT2D eigenvalue weighted by Crippen LogP contribution is -2.34. The molecule has 0 aliphatic carbocycles. The lowest BCUT2D eigenvalue weighted by Gasteiger charge is -2.18. The number of hydrogen-bond acceptors (Lipinski definition) is 4. The quantitative estimate of drug-likeness (QED) is 0.747. The van der Waals surface area contributed by atoms with Crippen LogP contribution in [0.2, 0.25) is 0 Å². The molecule has 6 heteroatoms. The molecule has 0 amide bonds. The third-order valence-electron chi connectivity index (χ3n) is 3.08. The first kappa shape index (κ1) is 12.1. The van der Waals surface area contributed by atoms with Gasteiger partial charge in [0.05, 0.1) is 12.7 Å². The van der Waals surface area contributed by atoms with Gasteiger partial charge >= 0.3 is 5.69 Å². The first-order valence-corrected chi connectivity index (χ1v) is 5.61. The van der Waals surface area contributed by atoms with E-state index in [2.05, 4.69) is 4.98 Å². The van der Waals surface area contributed by atoms with Crippen LogP contribution in [0.15, 0.2) is 15.8 Å². The minimum Gasteiger partial charge on any atom is -0.394 e. The van der Waals surface area contributed by atoms with Crippen LogP contribution in [0, 0.1) is 12.8 Å². The number of aliphatic hydroxyl groups excluding tert-OH is 1. The van der Waals surface area contributed by atoms with E-state index in [1.54, 1.807) is 6.92 Å². The van der Waals surface area contributed by atoms with Crippen molar-refractivity contribution < 1.29 is 9.84 Å². The first-order chi connectivity index (χ1) is 8.02. The van der Waals surface area contributed by atoms with Crippen LogP contribution in [0.5, 0.6) is 0 Å². The second kappa shape index (κ2) is 4.46. The van der Waals surface area contributed by atoms with Crippen molar-refractivity contribution in [2.24, 2.45) is 5.92 Å². The fourth-order valence-electron chi connectivity index (χ4n) is 2.15. The van der Waals surface area contributed by atoms with Crippen molar-refractivity contribution in [2.75, 3.05) is 6.61 Å². The fourth-order valence-corrected chi connectivity index (χ4v) is 2.15. The SMILES string of the molecule is Cc1cn([C@@H]2O[C@H](CO)C[C@H]2C)c(=O)[nH]c1=O. The van der Waals surface area contributed by atoms with Gasteiger partial charge in [-0.3, -0.25) is 14.3 Å². The van der Waals surface area contributed by atoms with Gasteiger partial charge in [0.2, 0.25) is 0 Å². The van der Waals surface area contributed by atoms with Crippen molar-refractivity contribution in [3.8, 4) is 0 Å². The molecule has 1 aliphatic rings. The van der Waals surface area contributed by atoms with Crippen molar-refractivity contribution >= 4 is 0 Å². The number of aromatic amines is 1. The van der Waals surface area contributed by atoms with Gasteiger partial charge in [0.15, 0.2) is 0 Å². The number of aromatic nitrogens is 2. The number of aliphatic hydroxyl groups is 1. The maximum Gasteiger partial charge on any atom is 0.330 e. The zero-order valence-corrected chi connectivity index (χ0v) is 9.84. The Kier molecular flexibility index (Phi) is 3.17. The van der Waals surface area contributed by atoms with Crippen LogP contribution in [-0.4, -0.2) is 27.4 Å². The fraction of sp³-hybridized carbons (Fsp3) is 0.636. The molecule has 1 saturated heterocycles. The summed E-state index contributed by atoms with van der Waals surface area (Å²) in [5, 5.41) is 9.05. The maximum atomic E-state index is 11.7. The molecule has 1 aromatic heterocycles. The molecule has 0 spiro atoms. The van der Waals surface area contributed by atoms with Gasteiger partial charge in [-0.15, -0.1) is 0 Å². The Hall–Kier alpha value is -1.40. The molecule has 1 aliphatic heterocycles. The number of aryl methyl sites for hydroxylation is 1. The largest absolute Gasteiger partial charge is 0.394 e. The van der Waals surface area contributed by atoms with E-state index in [9.17, 15) is 9.59 Å². The summed E-state index contributed by atoms with van der Waals surface area (Å²) >= 11 is 0. The number of nitrogens with zero attached hydrogens (tertiary/aromatic N) is 1. The number of rotatable bonds is 2. The summed E-state index contributed by atoms with van der Waals surface area (Å²) < 4.78 is 6.96. The average Bonchev–Trinajstić information content (AvgIpc) is 2.65. The highest BCUT2D eigenvalue weighted by atomic mass is 16.5. The van der Waals surface area contributed by atoms with Crippen LogP contribution in [-0.2, 0) is 4.74 Å². The Morgan fingerprint density at radius 1 is 1.59 bits per heavy atom. The van der Waals surface area contributed by atoms with E-state index in [-0.39, 0.29) is 24.2 Å². The Bertz CT molecular complexity index is 519. The molecule has 3 atom stereocenters. The lowest BCUT2D eigenvalue weighted by molar-refractivity contribution is -0.0337. The first-order valence-electron chi connectivity index (χ1n) is 5.61. The number of H-pyrrole nitrogens is 1. The van der Waals surface area contributed by atoms with E-state index in [0.717, 1.165) is 0 Å². The third-order valence-corrected chi connectivity index (χ3v) is 3.08. The van der Waals surface area contributed by atoms with E-state index >= 15 is 0 Å². The van der Waals surface area contributed by atoms with E-state index in [1.807, 2.05) is 6.92 Å². The van der Waals surface area contributed by atoms with Crippen LogP contribution in [0.25, 0.3) is 0 Å². The normalized spacial score (nSPS) is 28.5. The van der Waals surface area contributed by atoms with Crippen LogP contribution in [0.1, 0.15) is 25.1 Å². The summed E-state index contributed by atoms with van der Waals surface area (Å²) in [5.74, 6) is 0.121. The number of ether oxygens (including phenoxy) is 1. The molecule has 1 fully saturated rings. The summed E-state index contributed by atoms with van der Waals surface area (Å²) in [5.41, 5.74) is -0.389. The topological polar surface area (TPSA) is 84.3 Å². The Labute approximate surface area is 97.9 Å². The molecule has 2 N–H and O–H groups in total. The molecule has 2 heterocycles. The van der Waals surface area contributed by atoms with E-state index < -0.39 is 11.9 Å². The van der Waals surface area contributed by atoms with E-state index in [4.69, 9.17) is 9.84 Å². The van der Waals surface area contributed by atoms with Gasteiger partial charge in [-0.1, -0.05) is 6.92 Å². The summed E-state index contributed by atoms with van der Waals surface area (Å²) in [6.07, 6.45) is 1.54. The second-order valence-corrected chi connectivity index (χ2v) is 4.52. The predicted molar refractivity (Wildman–Crippen MR) is 60.8 cm³/mol. The molecule has 0 saturated carbocycles. The molecule has 0 unspecified atom stereocenters. The summed E-state index contributed by atoms with van der Waals surface area (Å²) in [7, 11) is 0. The van der Waals surface area contributed by atoms with Gasteiger partial charge in [0.25, 0.3) is 5.56 Å². The molecule has 94 valence electrons. The molecule has 0 aromatic carbocycles. The van der Waals surface area contributed by atoms with Crippen LogP contribution < -0.4 is 11.2 Å². The third kappa shape index (κ3) is 2.18. The van der Waals surface area contributed by atoms with Gasteiger partial charge in [0, 0.05) is 17.7 Å². The Balaban J connectivity index is 2.38. The highest BCUT2D eigenvalue weighted by Crippen LogP contribution is 2.32. The predicted octanol–water partition coefficient (Wildman–Crippen LogP) is -0.239. The van der Waals surface area contributed by atoms with Crippen LogP contribution in [0.3, 0.4) is 0 Å². The average molecular weight is 240 g/mol. The lowest BCUT2D eigenvalue weighted by atomic mass is 10.1. The highest BCUT2D eigenvalue weighted by molar-refractivity contribution is 5.02. The molecular formula is C11H16N2O4. The zero-order valence-electron chi connectivity index (χ0n) is 9.84. The van der Waals surface area contributed by atoms with Crippen molar-refractivity contribution in [1.82, 2.24) is 9.55 Å². The molecule has 17 heavy (non-hydrogen) atoms. The Morgan fingerprint density at radius 3 is 2.88 bits per heavy atom. The summed E-state index contributed by atoms with van der Waals surface area (Å²) in [6.45, 7) is 3.53. The van der Waals surface area contributed by atoms with E-state index in [1.165, 1.54) is 10.8 Å². The maximum absolute atomic E-state index is 11.7. The highest BCUT2D eigenvalue weighted by Gasteiger charge is 2.33. The van der Waals surface area contributed by atoms with Gasteiger partial charge in [-0.2, -0.15) is 0 Å². The minimum atomic E-state index is -0.476. The molecule has 6 nitrogen and oxygen atoms in total. The van der Waals surface area contributed by atoms with Gasteiger partial charge in [-0.05, 0) is 13.3 Å². The standard InChI is InChI=1S/C11H16N2O4/c1-6-3-8(5-14)17-10(6)13-4-7(2)9(15)12-11(13)16/h4,6,8,10,14H,3,5H2,1-2H3,(H,12,15,16)/t6-,8+,10-/m1/s1. The molecule has 0 radical (unpaired) electrons. The van der Waals surface area contributed by atoms with Crippen LogP contribution >= 0.6 is 0 Å². The van der Waals surface area contributed by atoms with E-state index in [0.29, 0.717) is 12.0 Å². The monoisotopic (exact) mass is 240 g/mol. The van der Waals surface area contributed by atoms with Gasteiger partial charge in [-0.25, -0.2) is 4.79 Å². The number of hydrogen-bond donors (Lipinski definition) is 2. The van der Waals surface area contributed by atoms with Crippen molar-refractivity contribution in [3.05, 3.63) is 32.6 Å². The number of nitrogens with one attached hydrogen (secondary N) is 1. The molecule has 2 rings (SSSR count).